The minimum Gasteiger partial charge on any atom is -0.480 e. The lowest BCUT2D eigenvalue weighted by molar-refractivity contribution is -0.0292. The van der Waals surface area contributed by atoms with Gasteiger partial charge in [0, 0.05) is 32.4 Å². The molecule has 1 aromatic heterocycles. The van der Waals surface area contributed by atoms with Crippen LogP contribution in [0.15, 0.2) is 48.7 Å². The fourth-order valence-corrected chi connectivity index (χ4v) is 2.92. The van der Waals surface area contributed by atoms with E-state index in [2.05, 4.69) is 39.5 Å². The van der Waals surface area contributed by atoms with Crippen molar-refractivity contribution in [2.45, 2.75) is 12.6 Å². The van der Waals surface area contributed by atoms with Crippen LogP contribution in [0.2, 0.25) is 0 Å². The Labute approximate surface area is 147 Å². The zero-order chi connectivity index (χ0) is 17.5. The minimum absolute atomic E-state index is 0.0240. The lowest BCUT2D eigenvalue weighted by Gasteiger charge is -2.33. The van der Waals surface area contributed by atoms with Gasteiger partial charge >= 0.3 is 0 Å². The predicted octanol–water partition coefficient (Wildman–Crippen LogP) is 1.72. The molecule has 0 bridgehead atoms. The predicted molar refractivity (Wildman–Crippen MR) is 94.6 cm³/mol. The monoisotopic (exact) mass is 341 g/mol. The molecule has 1 atom stereocenters. The molecule has 1 N–H and O–H groups in total. The molecule has 0 aliphatic carbocycles. The number of nitrogens with zero attached hydrogens (tertiary/aromatic N) is 2. The summed E-state index contributed by atoms with van der Waals surface area (Å²) in [4.78, 5) is 18.7. The van der Waals surface area contributed by atoms with Gasteiger partial charge in [-0.2, -0.15) is 0 Å². The quantitative estimate of drug-likeness (QED) is 0.867. The van der Waals surface area contributed by atoms with Crippen LogP contribution in [0.1, 0.15) is 15.9 Å². The number of nitrogens with one attached hydrogen (secondary N) is 1. The third-order valence-electron chi connectivity index (χ3n) is 4.17. The van der Waals surface area contributed by atoms with Crippen molar-refractivity contribution >= 4 is 5.91 Å². The smallest absolute Gasteiger partial charge is 0.256 e. The molecule has 0 saturated carbocycles. The number of methoxy groups -OCH3 is 1. The maximum absolute atomic E-state index is 12.3. The normalized spacial score (nSPS) is 17.9. The summed E-state index contributed by atoms with van der Waals surface area (Å²) in [5.74, 6) is 0.129. The zero-order valence-corrected chi connectivity index (χ0v) is 14.4. The van der Waals surface area contributed by atoms with E-state index in [-0.39, 0.29) is 12.0 Å². The van der Waals surface area contributed by atoms with Crippen molar-refractivity contribution in [3.05, 3.63) is 59.8 Å². The second kappa shape index (κ2) is 8.60. The van der Waals surface area contributed by atoms with Gasteiger partial charge in [0.2, 0.25) is 5.88 Å². The van der Waals surface area contributed by atoms with Crippen LogP contribution in [-0.2, 0) is 11.3 Å². The van der Waals surface area contributed by atoms with Crippen molar-refractivity contribution < 1.29 is 14.3 Å². The lowest BCUT2D eigenvalue weighted by atomic mass is 10.2. The third kappa shape index (κ3) is 4.78. The van der Waals surface area contributed by atoms with Crippen LogP contribution in [0.5, 0.6) is 5.88 Å². The van der Waals surface area contributed by atoms with Crippen molar-refractivity contribution in [2.24, 2.45) is 0 Å². The van der Waals surface area contributed by atoms with Crippen LogP contribution >= 0.6 is 0 Å². The fraction of sp³-hybridized carbons (Fsp3) is 0.368. The third-order valence-corrected chi connectivity index (χ3v) is 4.17. The highest BCUT2D eigenvalue weighted by Gasteiger charge is 2.22. The maximum Gasteiger partial charge on any atom is 0.256 e. The largest absolute Gasteiger partial charge is 0.480 e. The topological polar surface area (TPSA) is 63.7 Å². The van der Waals surface area contributed by atoms with E-state index in [0.717, 1.165) is 19.6 Å². The number of hydrogen-bond donors (Lipinski definition) is 1. The molecule has 6 heteroatoms. The average Bonchev–Trinajstić information content (AvgIpc) is 2.67. The molecule has 2 aromatic rings. The summed E-state index contributed by atoms with van der Waals surface area (Å²) in [7, 11) is 1.50. The molecule has 1 aliphatic rings. The Bertz CT molecular complexity index is 693. The maximum atomic E-state index is 12.3. The molecule has 0 spiro atoms. The molecule has 1 saturated heterocycles. The standard InChI is InChI=1S/C19H23N3O3/c1-24-19-17(8-5-9-20-19)18(23)21-12-16-14-22(10-11-25-16)13-15-6-3-2-4-7-15/h2-9,16H,10-14H2,1H3,(H,21,23). The van der Waals surface area contributed by atoms with Gasteiger partial charge < -0.3 is 14.8 Å². The van der Waals surface area contributed by atoms with Gasteiger partial charge in [-0.05, 0) is 17.7 Å². The molecule has 1 amide bonds. The zero-order valence-electron chi connectivity index (χ0n) is 14.4. The summed E-state index contributed by atoms with van der Waals surface area (Å²) in [6, 6.07) is 13.8. The van der Waals surface area contributed by atoms with Gasteiger partial charge in [0.15, 0.2) is 0 Å². The Morgan fingerprint density at radius 3 is 2.96 bits per heavy atom. The number of amides is 1. The molecule has 0 radical (unpaired) electrons. The number of carbonyl (C=O) groups is 1. The highest BCUT2D eigenvalue weighted by atomic mass is 16.5. The second-order valence-electron chi connectivity index (χ2n) is 5.98. The van der Waals surface area contributed by atoms with E-state index in [9.17, 15) is 4.79 Å². The van der Waals surface area contributed by atoms with Gasteiger partial charge in [0.25, 0.3) is 5.91 Å². The number of morpholine rings is 1. The van der Waals surface area contributed by atoms with E-state index in [0.29, 0.717) is 24.6 Å². The van der Waals surface area contributed by atoms with E-state index in [1.54, 1.807) is 18.3 Å². The number of carbonyl (C=O) groups excluding carboxylic acids is 1. The van der Waals surface area contributed by atoms with E-state index >= 15 is 0 Å². The first-order valence-corrected chi connectivity index (χ1v) is 8.41. The van der Waals surface area contributed by atoms with Crippen LogP contribution in [0.4, 0.5) is 0 Å². The van der Waals surface area contributed by atoms with Gasteiger partial charge in [-0.3, -0.25) is 9.69 Å². The Balaban J connectivity index is 1.52. The van der Waals surface area contributed by atoms with E-state index in [1.165, 1.54) is 12.7 Å². The number of benzene rings is 1. The molecule has 1 aliphatic heterocycles. The van der Waals surface area contributed by atoms with Gasteiger partial charge in [-0.1, -0.05) is 30.3 Å². The highest BCUT2D eigenvalue weighted by molar-refractivity contribution is 5.96. The number of aromatic nitrogens is 1. The van der Waals surface area contributed by atoms with Gasteiger partial charge in [-0.25, -0.2) is 4.98 Å². The van der Waals surface area contributed by atoms with Crippen LogP contribution in [0.25, 0.3) is 0 Å². The first-order chi connectivity index (χ1) is 12.3. The van der Waals surface area contributed by atoms with E-state index in [1.807, 2.05) is 6.07 Å². The van der Waals surface area contributed by atoms with Gasteiger partial charge in [-0.15, -0.1) is 0 Å². The molecule has 1 unspecified atom stereocenters. The minimum atomic E-state index is -0.200. The van der Waals surface area contributed by atoms with E-state index < -0.39 is 0 Å². The van der Waals surface area contributed by atoms with Crippen molar-refractivity contribution in [1.82, 2.24) is 15.2 Å². The molecule has 6 nitrogen and oxygen atoms in total. The van der Waals surface area contributed by atoms with Crippen LogP contribution in [-0.4, -0.2) is 55.2 Å². The molecule has 3 rings (SSSR count). The summed E-state index contributed by atoms with van der Waals surface area (Å²) < 4.78 is 10.9. The summed E-state index contributed by atoms with van der Waals surface area (Å²) in [5.41, 5.74) is 1.72. The Morgan fingerprint density at radius 2 is 2.16 bits per heavy atom. The Kier molecular flexibility index (Phi) is 5.98. The fourth-order valence-electron chi connectivity index (χ4n) is 2.92. The Morgan fingerprint density at radius 1 is 1.32 bits per heavy atom. The molecule has 2 heterocycles. The summed E-state index contributed by atoms with van der Waals surface area (Å²) in [6.45, 7) is 3.71. The Hall–Kier alpha value is -2.44. The number of hydrogen-bond acceptors (Lipinski definition) is 5. The van der Waals surface area contributed by atoms with Crippen molar-refractivity contribution in [3.63, 3.8) is 0 Å². The van der Waals surface area contributed by atoms with Crippen molar-refractivity contribution in [3.8, 4) is 5.88 Å². The van der Waals surface area contributed by atoms with Crippen molar-refractivity contribution in [2.75, 3.05) is 33.4 Å². The van der Waals surface area contributed by atoms with Gasteiger partial charge in [0.05, 0.1) is 19.8 Å². The molecule has 1 aromatic carbocycles. The highest BCUT2D eigenvalue weighted by Crippen LogP contribution is 2.14. The first-order valence-electron chi connectivity index (χ1n) is 8.41. The second-order valence-corrected chi connectivity index (χ2v) is 5.98. The van der Waals surface area contributed by atoms with E-state index in [4.69, 9.17) is 9.47 Å². The van der Waals surface area contributed by atoms with Crippen LogP contribution in [0, 0.1) is 0 Å². The van der Waals surface area contributed by atoms with Gasteiger partial charge in [0.1, 0.15) is 5.56 Å². The molecular formula is C19H23N3O3. The number of pyridine rings is 1. The molecular weight excluding hydrogens is 318 g/mol. The molecule has 132 valence electrons. The molecule has 25 heavy (non-hydrogen) atoms. The number of rotatable bonds is 6. The first kappa shape index (κ1) is 17.4. The summed E-state index contributed by atoms with van der Waals surface area (Å²) in [5, 5.41) is 2.92. The van der Waals surface area contributed by atoms with Crippen molar-refractivity contribution in [1.29, 1.82) is 0 Å². The SMILES string of the molecule is COc1ncccc1C(=O)NCC1CN(Cc2ccccc2)CCO1. The summed E-state index contributed by atoms with van der Waals surface area (Å²) in [6.07, 6.45) is 1.57. The number of ether oxygens (including phenoxy) is 2. The molecule has 1 fully saturated rings. The summed E-state index contributed by atoms with van der Waals surface area (Å²) >= 11 is 0. The van der Waals surface area contributed by atoms with Crippen LogP contribution < -0.4 is 10.1 Å². The van der Waals surface area contributed by atoms with Crippen LogP contribution in [0.3, 0.4) is 0 Å². The average molecular weight is 341 g/mol. The lowest BCUT2D eigenvalue weighted by Crippen LogP contribution is -2.47.